The molecule has 0 saturated carbocycles. The number of aliphatic carboxylic acids is 1. The van der Waals surface area contributed by atoms with Gasteiger partial charge in [0.2, 0.25) is 0 Å². The van der Waals surface area contributed by atoms with Gasteiger partial charge in [-0.25, -0.2) is 4.79 Å². The van der Waals surface area contributed by atoms with Crippen LogP contribution in [0.2, 0.25) is 0 Å². The molecule has 0 fully saturated rings. The largest absolute Gasteiger partial charge is 0.481 e. The predicted octanol–water partition coefficient (Wildman–Crippen LogP) is 1.31. The smallest absolute Gasteiger partial charge is 0.315 e. The monoisotopic (exact) mass is 272 g/mol. The molecule has 0 saturated heterocycles. The summed E-state index contributed by atoms with van der Waals surface area (Å²) in [5.74, 6) is 0.108. The van der Waals surface area contributed by atoms with E-state index < -0.39 is 11.9 Å². The lowest BCUT2D eigenvalue weighted by atomic mass is 10.1. The Hall–Kier alpha value is -1.17. The molecule has 0 aromatic rings. The van der Waals surface area contributed by atoms with Gasteiger partial charge in [-0.05, 0) is 24.3 Å². The first kappa shape index (κ1) is 14.9. The van der Waals surface area contributed by atoms with Gasteiger partial charge in [-0.2, -0.15) is 11.8 Å². The maximum absolute atomic E-state index is 11.6. The van der Waals surface area contributed by atoms with Crippen LogP contribution < -0.4 is 10.6 Å². The van der Waals surface area contributed by atoms with Gasteiger partial charge in [0.1, 0.15) is 0 Å². The van der Waals surface area contributed by atoms with Gasteiger partial charge in [0, 0.05) is 6.54 Å². The highest BCUT2D eigenvalue weighted by molar-refractivity contribution is 7.98. The molecule has 3 atom stereocenters. The van der Waals surface area contributed by atoms with Crippen molar-refractivity contribution >= 4 is 23.8 Å². The van der Waals surface area contributed by atoms with Crippen LogP contribution in [-0.2, 0) is 4.79 Å². The number of carbonyl (C=O) groups is 2. The van der Waals surface area contributed by atoms with Gasteiger partial charge in [0.25, 0.3) is 0 Å². The van der Waals surface area contributed by atoms with E-state index >= 15 is 0 Å². The van der Waals surface area contributed by atoms with Crippen molar-refractivity contribution in [2.75, 3.05) is 18.6 Å². The molecule has 1 aliphatic carbocycles. The van der Waals surface area contributed by atoms with Crippen molar-refractivity contribution in [1.29, 1.82) is 0 Å². The second-order valence-electron chi connectivity index (χ2n) is 4.59. The molecule has 0 aliphatic heterocycles. The first-order chi connectivity index (χ1) is 8.52. The summed E-state index contributed by atoms with van der Waals surface area (Å²) in [4.78, 5) is 22.3. The summed E-state index contributed by atoms with van der Waals surface area (Å²) < 4.78 is 0. The lowest BCUT2D eigenvalue weighted by Gasteiger charge is -2.15. The quantitative estimate of drug-likeness (QED) is 0.637. The summed E-state index contributed by atoms with van der Waals surface area (Å²) in [7, 11) is 0. The van der Waals surface area contributed by atoms with Gasteiger partial charge in [-0.1, -0.05) is 19.1 Å². The molecule has 0 radical (unpaired) electrons. The Morgan fingerprint density at radius 1 is 1.50 bits per heavy atom. The van der Waals surface area contributed by atoms with Crippen molar-refractivity contribution in [3.05, 3.63) is 12.2 Å². The fourth-order valence-corrected chi connectivity index (χ4v) is 2.51. The van der Waals surface area contributed by atoms with E-state index in [4.69, 9.17) is 5.11 Å². The molecule has 1 aliphatic rings. The normalized spacial score (nSPS) is 23.7. The molecule has 0 bridgehead atoms. The average Bonchev–Trinajstić information content (AvgIpc) is 2.75. The number of hydrogen-bond donors (Lipinski definition) is 3. The van der Waals surface area contributed by atoms with Crippen LogP contribution in [-0.4, -0.2) is 41.7 Å². The van der Waals surface area contributed by atoms with Crippen molar-refractivity contribution < 1.29 is 14.7 Å². The summed E-state index contributed by atoms with van der Waals surface area (Å²) in [6, 6.07) is -0.411. The van der Waals surface area contributed by atoms with Gasteiger partial charge < -0.3 is 15.7 Å². The van der Waals surface area contributed by atoms with Crippen LogP contribution in [0.5, 0.6) is 0 Å². The molecule has 102 valence electrons. The topological polar surface area (TPSA) is 78.4 Å². The van der Waals surface area contributed by atoms with E-state index in [0.29, 0.717) is 18.9 Å². The van der Waals surface area contributed by atoms with Crippen molar-refractivity contribution in [3.8, 4) is 0 Å². The highest BCUT2D eigenvalue weighted by atomic mass is 32.2. The molecule has 0 aromatic heterocycles. The molecule has 5 nitrogen and oxygen atoms in total. The SMILES string of the molecule is CSCC(C)CNC(=O)NC1C=CC(C(=O)O)C1. The standard InChI is InChI=1S/C12H20N2O3S/c1-8(7-18-2)6-13-12(17)14-10-4-3-9(5-10)11(15)16/h3-4,8-10H,5-7H2,1-2H3,(H,15,16)(H2,13,14,17). The van der Waals surface area contributed by atoms with Crippen molar-refractivity contribution in [2.45, 2.75) is 19.4 Å². The molecule has 3 N–H and O–H groups in total. The highest BCUT2D eigenvalue weighted by Crippen LogP contribution is 2.17. The number of carboxylic acid groups (broad SMARTS) is 1. The lowest BCUT2D eigenvalue weighted by Crippen LogP contribution is -2.42. The zero-order chi connectivity index (χ0) is 13.5. The molecule has 6 heteroatoms. The number of carboxylic acids is 1. The Balaban J connectivity index is 2.22. The molecule has 1 rings (SSSR count). The van der Waals surface area contributed by atoms with E-state index in [9.17, 15) is 9.59 Å². The number of nitrogens with one attached hydrogen (secondary N) is 2. The Morgan fingerprint density at radius 3 is 2.78 bits per heavy atom. The molecular weight excluding hydrogens is 252 g/mol. The van der Waals surface area contributed by atoms with E-state index in [1.165, 1.54) is 0 Å². The summed E-state index contributed by atoms with van der Waals surface area (Å²) in [5.41, 5.74) is 0. The third-order valence-corrected chi connectivity index (χ3v) is 3.68. The first-order valence-corrected chi connectivity index (χ1v) is 7.36. The zero-order valence-corrected chi connectivity index (χ0v) is 11.5. The van der Waals surface area contributed by atoms with E-state index in [1.54, 1.807) is 23.9 Å². The minimum absolute atomic E-state index is 0.179. The maximum atomic E-state index is 11.6. The minimum Gasteiger partial charge on any atom is -0.481 e. The third-order valence-electron chi connectivity index (χ3n) is 2.78. The van der Waals surface area contributed by atoms with Crippen LogP contribution in [0.15, 0.2) is 12.2 Å². The predicted molar refractivity (Wildman–Crippen MR) is 72.8 cm³/mol. The number of thioether (sulfide) groups is 1. The number of urea groups is 1. The Morgan fingerprint density at radius 2 is 2.22 bits per heavy atom. The molecule has 0 spiro atoms. The maximum Gasteiger partial charge on any atom is 0.315 e. The first-order valence-electron chi connectivity index (χ1n) is 5.97. The van der Waals surface area contributed by atoms with Crippen LogP contribution >= 0.6 is 11.8 Å². The molecule has 0 aromatic carbocycles. The fourth-order valence-electron chi connectivity index (χ4n) is 1.82. The average molecular weight is 272 g/mol. The van der Waals surface area contributed by atoms with Crippen LogP contribution in [0.3, 0.4) is 0 Å². The lowest BCUT2D eigenvalue weighted by molar-refractivity contribution is -0.140. The van der Waals surface area contributed by atoms with Gasteiger partial charge in [-0.15, -0.1) is 0 Å². The summed E-state index contributed by atoms with van der Waals surface area (Å²) in [5, 5.41) is 14.4. The van der Waals surface area contributed by atoms with Crippen LogP contribution in [0.25, 0.3) is 0 Å². The van der Waals surface area contributed by atoms with Crippen LogP contribution in [0.4, 0.5) is 4.79 Å². The Labute approximate surface area is 111 Å². The number of hydrogen-bond acceptors (Lipinski definition) is 3. The summed E-state index contributed by atoms with van der Waals surface area (Å²) in [6.07, 6.45) is 5.84. The van der Waals surface area contributed by atoms with Gasteiger partial charge in [0.05, 0.1) is 12.0 Å². The third kappa shape index (κ3) is 5.00. The Kier molecular flexibility index (Phi) is 6.04. The second-order valence-corrected chi connectivity index (χ2v) is 5.50. The van der Waals surface area contributed by atoms with Crippen molar-refractivity contribution in [3.63, 3.8) is 0 Å². The highest BCUT2D eigenvalue weighted by Gasteiger charge is 2.25. The molecule has 0 heterocycles. The van der Waals surface area contributed by atoms with E-state index in [1.807, 2.05) is 6.26 Å². The minimum atomic E-state index is -0.843. The van der Waals surface area contributed by atoms with E-state index in [2.05, 4.69) is 17.6 Å². The summed E-state index contributed by atoms with van der Waals surface area (Å²) >= 11 is 1.75. The molecule has 18 heavy (non-hydrogen) atoms. The van der Waals surface area contributed by atoms with Crippen LogP contribution in [0, 0.1) is 11.8 Å². The van der Waals surface area contributed by atoms with Gasteiger partial charge >= 0.3 is 12.0 Å². The Bertz CT molecular complexity index is 333. The van der Waals surface area contributed by atoms with Crippen LogP contribution in [0.1, 0.15) is 13.3 Å². The zero-order valence-electron chi connectivity index (χ0n) is 10.7. The van der Waals surface area contributed by atoms with Gasteiger partial charge in [0.15, 0.2) is 0 Å². The van der Waals surface area contributed by atoms with Crippen molar-refractivity contribution in [2.24, 2.45) is 11.8 Å². The summed E-state index contributed by atoms with van der Waals surface area (Å²) in [6.45, 7) is 2.71. The number of rotatable bonds is 6. The van der Waals surface area contributed by atoms with E-state index in [-0.39, 0.29) is 12.1 Å². The molecule has 2 amide bonds. The number of amides is 2. The van der Waals surface area contributed by atoms with Gasteiger partial charge in [-0.3, -0.25) is 4.79 Å². The molecule has 3 unspecified atom stereocenters. The fraction of sp³-hybridized carbons (Fsp3) is 0.667. The van der Waals surface area contributed by atoms with Crippen molar-refractivity contribution in [1.82, 2.24) is 10.6 Å². The second kappa shape index (κ2) is 7.31. The molecular formula is C12H20N2O3S. The van der Waals surface area contributed by atoms with E-state index in [0.717, 1.165) is 5.75 Å². The number of carbonyl (C=O) groups excluding carboxylic acids is 1.